The molecule has 0 spiro atoms. The highest BCUT2D eigenvalue weighted by Crippen LogP contribution is 2.32. The third-order valence-corrected chi connectivity index (χ3v) is 2.43. The summed E-state index contributed by atoms with van der Waals surface area (Å²) >= 11 is 5.85. The fraction of sp³-hybridized carbons (Fsp3) is 0.556. The van der Waals surface area contributed by atoms with Crippen LogP contribution in [0.2, 0.25) is 5.15 Å². The maximum absolute atomic E-state index is 10.8. The van der Waals surface area contributed by atoms with Crippen LogP contribution >= 0.6 is 11.6 Å². The summed E-state index contributed by atoms with van der Waals surface area (Å²) in [7, 11) is 0. The van der Waals surface area contributed by atoms with Crippen LogP contribution in [0, 0.1) is 21.4 Å². The van der Waals surface area contributed by atoms with Gasteiger partial charge in [-0.2, -0.15) is 10.4 Å². The van der Waals surface area contributed by atoms with Crippen molar-refractivity contribution in [2.75, 3.05) is 0 Å². The summed E-state index contributed by atoms with van der Waals surface area (Å²) in [6.45, 7) is 3.88. The molecule has 0 N–H and O–H groups in total. The SMILES string of the molecule is CC(C)c1nn(CCC#N)c(Cl)c1[N+](=O)[O-]. The first-order valence-corrected chi connectivity index (χ1v) is 5.14. The first kappa shape index (κ1) is 12.5. The Labute approximate surface area is 97.6 Å². The third-order valence-electron chi connectivity index (χ3n) is 2.06. The van der Waals surface area contributed by atoms with E-state index < -0.39 is 4.92 Å². The fourth-order valence-electron chi connectivity index (χ4n) is 1.31. The minimum absolute atomic E-state index is 0.0102. The topological polar surface area (TPSA) is 84.8 Å². The van der Waals surface area contributed by atoms with Crippen molar-refractivity contribution in [2.24, 2.45) is 0 Å². The maximum atomic E-state index is 10.8. The van der Waals surface area contributed by atoms with E-state index in [9.17, 15) is 10.1 Å². The van der Waals surface area contributed by atoms with Crippen molar-refractivity contribution in [2.45, 2.75) is 32.7 Å². The van der Waals surface area contributed by atoms with Crippen molar-refractivity contribution in [3.8, 4) is 6.07 Å². The number of halogens is 1. The van der Waals surface area contributed by atoms with Gasteiger partial charge in [-0.25, -0.2) is 4.68 Å². The molecule has 1 rings (SSSR count). The quantitative estimate of drug-likeness (QED) is 0.600. The van der Waals surface area contributed by atoms with Gasteiger partial charge >= 0.3 is 5.69 Å². The van der Waals surface area contributed by atoms with Gasteiger partial charge in [-0.05, 0) is 0 Å². The van der Waals surface area contributed by atoms with Gasteiger partial charge in [0, 0.05) is 5.92 Å². The second-order valence-corrected chi connectivity index (χ2v) is 3.93. The summed E-state index contributed by atoms with van der Waals surface area (Å²) in [5.41, 5.74) is 0.197. The molecule has 0 aliphatic carbocycles. The van der Waals surface area contributed by atoms with Crippen LogP contribution in [0.25, 0.3) is 0 Å². The van der Waals surface area contributed by atoms with E-state index >= 15 is 0 Å². The molecule has 1 heterocycles. The van der Waals surface area contributed by atoms with E-state index in [1.807, 2.05) is 6.07 Å². The van der Waals surface area contributed by atoms with Crippen LogP contribution in [-0.4, -0.2) is 14.7 Å². The second kappa shape index (κ2) is 4.94. The van der Waals surface area contributed by atoms with Gasteiger partial charge in [-0.15, -0.1) is 0 Å². The molecule has 0 saturated carbocycles. The summed E-state index contributed by atoms with van der Waals surface area (Å²) in [6.07, 6.45) is 0.218. The lowest BCUT2D eigenvalue weighted by Crippen LogP contribution is -2.00. The molecule has 7 heteroatoms. The summed E-state index contributed by atoms with van der Waals surface area (Å²) < 4.78 is 1.30. The van der Waals surface area contributed by atoms with E-state index in [4.69, 9.17) is 16.9 Å². The summed E-state index contributed by atoms with van der Waals surface area (Å²) in [6, 6.07) is 1.94. The monoisotopic (exact) mass is 242 g/mol. The molecular formula is C9H11ClN4O2. The van der Waals surface area contributed by atoms with Gasteiger partial charge in [0.2, 0.25) is 5.15 Å². The van der Waals surface area contributed by atoms with Crippen molar-refractivity contribution >= 4 is 17.3 Å². The number of aromatic nitrogens is 2. The Morgan fingerprint density at radius 2 is 2.31 bits per heavy atom. The van der Waals surface area contributed by atoms with Gasteiger partial charge in [0.1, 0.15) is 5.69 Å². The normalized spacial score (nSPS) is 10.4. The van der Waals surface area contributed by atoms with E-state index in [0.29, 0.717) is 5.69 Å². The fourth-order valence-corrected chi connectivity index (χ4v) is 1.60. The molecule has 0 aromatic carbocycles. The number of nitro groups is 1. The molecule has 0 aliphatic heterocycles. The first-order valence-electron chi connectivity index (χ1n) is 4.76. The molecular weight excluding hydrogens is 232 g/mol. The van der Waals surface area contributed by atoms with Crippen molar-refractivity contribution in [1.29, 1.82) is 5.26 Å². The van der Waals surface area contributed by atoms with Gasteiger partial charge in [-0.3, -0.25) is 10.1 Å². The number of hydrogen-bond donors (Lipinski definition) is 0. The van der Waals surface area contributed by atoms with Crippen molar-refractivity contribution < 1.29 is 4.92 Å². The standard InChI is InChI=1S/C9H11ClN4O2/c1-6(2)7-8(14(15)16)9(10)13(12-7)5-3-4-11/h6H,3,5H2,1-2H3. The zero-order valence-electron chi connectivity index (χ0n) is 8.97. The molecule has 0 saturated heterocycles. The highest BCUT2D eigenvalue weighted by molar-refractivity contribution is 6.31. The molecule has 0 radical (unpaired) electrons. The number of rotatable bonds is 4. The lowest BCUT2D eigenvalue weighted by atomic mass is 10.1. The van der Waals surface area contributed by atoms with Crippen LogP contribution in [0.1, 0.15) is 31.9 Å². The lowest BCUT2D eigenvalue weighted by Gasteiger charge is -1.97. The van der Waals surface area contributed by atoms with E-state index in [1.165, 1.54) is 4.68 Å². The molecule has 0 fully saturated rings. The molecule has 1 aromatic heterocycles. The molecule has 1 aromatic rings. The Balaban J connectivity index is 3.20. The number of hydrogen-bond acceptors (Lipinski definition) is 4. The van der Waals surface area contributed by atoms with Crippen LogP contribution in [0.15, 0.2) is 0 Å². The van der Waals surface area contributed by atoms with Gasteiger partial charge in [-0.1, -0.05) is 25.4 Å². The summed E-state index contributed by atoms with van der Waals surface area (Å²) in [5.74, 6) is -0.0822. The van der Waals surface area contributed by atoms with Gasteiger partial charge in [0.05, 0.1) is 24.0 Å². The maximum Gasteiger partial charge on any atom is 0.329 e. The predicted molar refractivity (Wildman–Crippen MR) is 58.2 cm³/mol. The van der Waals surface area contributed by atoms with E-state index in [1.54, 1.807) is 13.8 Å². The Morgan fingerprint density at radius 3 is 2.69 bits per heavy atom. The highest BCUT2D eigenvalue weighted by Gasteiger charge is 2.27. The molecule has 0 atom stereocenters. The number of nitrogens with zero attached hydrogens (tertiary/aromatic N) is 4. The smallest absolute Gasteiger partial charge is 0.258 e. The Hall–Kier alpha value is -1.61. The van der Waals surface area contributed by atoms with E-state index in [2.05, 4.69) is 5.10 Å². The zero-order chi connectivity index (χ0) is 12.3. The molecule has 0 amide bonds. The van der Waals surface area contributed by atoms with Gasteiger partial charge < -0.3 is 0 Å². The van der Waals surface area contributed by atoms with Crippen molar-refractivity contribution in [3.05, 3.63) is 21.0 Å². The van der Waals surface area contributed by atoms with Crippen LogP contribution in [0.5, 0.6) is 0 Å². The third kappa shape index (κ3) is 2.31. The van der Waals surface area contributed by atoms with Crippen molar-refractivity contribution in [1.82, 2.24) is 9.78 Å². The van der Waals surface area contributed by atoms with Crippen LogP contribution in [0.4, 0.5) is 5.69 Å². The second-order valence-electron chi connectivity index (χ2n) is 3.57. The Kier molecular flexibility index (Phi) is 3.85. The molecule has 0 aliphatic rings. The molecule has 0 bridgehead atoms. The minimum Gasteiger partial charge on any atom is -0.258 e. The first-order chi connectivity index (χ1) is 7.49. The van der Waals surface area contributed by atoms with Gasteiger partial charge in [0.15, 0.2) is 0 Å². The number of nitriles is 1. The van der Waals surface area contributed by atoms with E-state index in [0.717, 1.165) is 0 Å². The molecule has 6 nitrogen and oxygen atoms in total. The van der Waals surface area contributed by atoms with Crippen molar-refractivity contribution in [3.63, 3.8) is 0 Å². The average Bonchev–Trinajstić information content (AvgIpc) is 2.53. The molecule has 86 valence electrons. The van der Waals surface area contributed by atoms with Crippen LogP contribution in [0.3, 0.4) is 0 Å². The lowest BCUT2D eigenvalue weighted by molar-refractivity contribution is -0.385. The molecule has 16 heavy (non-hydrogen) atoms. The van der Waals surface area contributed by atoms with Crippen LogP contribution < -0.4 is 0 Å². The van der Waals surface area contributed by atoms with Gasteiger partial charge in [0.25, 0.3) is 0 Å². The average molecular weight is 243 g/mol. The van der Waals surface area contributed by atoms with E-state index in [-0.39, 0.29) is 29.7 Å². The van der Waals surface area contributed by atoms with Crippen LogP contribution in [-0.2, 0) is 6.54 Å². The Morgan fingerprint density at radius 1 is 1.69 bits per heavy atom. The summed E-state index contributed by atoms with van der Waals surface area (Å²) in [4.78, 5) is 10.3. The zero-order valence-corrected chi connectivity index (χ0v) is 9.73. The minimum atomic E-state index is -0.534. The predicted octanol–water partition coefficient (Wildman–Crippen LogP) is 2.48. The largest absolute Gasteiger partial charge is 0.329 e. The molecule has 0 unspecified atom stereocenters. The summed E-state index contributed by atoms with van der Waals surface area (Å²) in [5, 5.41) is 23.3. The Bertz CT molecular complexity index is 447. The number of aryl methyl sites for hydroxylation is 1. The highest BCUT2D eigenvalue weighted by atomic mass is 35.5.